The number of hydrogen-bond donors (Lipinski definition) is 1. The van der Waals surface area contributed by atoms with Crippen LogP contribution in [0.2, 0.25) is 0 Å². The molecule has 7 nitrogen and oxygen atoms in total. The monoisotopic (exact) mass is 329 g/mol. The highest BCUT2D eigenvalue weighted by Crippen LogP contribution is 2.17. The largest absolute Gasteiger partial charge is 0.433 e. The molecule has 1 atom stereocenters. The zero-order valence-corrected chi connectivity index (χ0v) is 13.5. The Morgan fingerprint density at radius 1 is 1.29 bits per heavy atom. The summed E-state index contributed by atoms with van der Waals surface area (Å²) in [6, 6.07) is 12.2. The third-order valence-corrected chi connectivity index (χ3v) is 3.26. The number of hydrogen-bond acceptors (Lipinski definition) is 5. The van der Waals surface area contributed by atoms with Crippen molar-refractivity contribution in [3.63, 3.8) is 0 Å². The molecule has 126 valence electrons. The van der Waals surface area contributed by atoms with Crippen molar-refractivity contribution in [1.82, 2.24) is 10.2 Å². The molecular weight excluding hydrogens is 310 g/mol. The molecule has 1 amide bonds. The Morgan fingerprint density at radius 2 is 2.00 bits per heavy atom. The number of nitrogens with one attached hydrogen (secondary N) is 1. The van der Waals surface area contributed by atoms with Gasteiger partial charge in [0.05, 0.1) is 12.1 Å². The van der Waals surface area contributed by atoms with Crippen LogP contribution in [0.3, 0.4) is 0 Å². The molecule has 2 aromatic rings. The molecule has 1 aromatic heterocycles. The lowest BCUT2D eigenvalue weighted by Gasteiger charge is -2.22. The maximum Gasteiger partial charge on any atom is 0.433 e. The normalized spacial score (nSPS) is 12.5. The van der Waals surface area contributed by atoms with Gasteiger partial charge in [0.25, 0.3) is 0 Å². The molecule has 0 unspecified atom stereocenters. The van der Waals surface area contributed by atoms with Crippen LogP contribution in [0.5, 0.6) is 0 Å². The van der Waals surface area contributed by atoms with E-state index in [4.69, 9.17) is 4.42 Å². The van der Waals surface area contributed by atoms with Gasteiger partial charge >= 0.3 is 5.88 Å². The minimum Gasteiger partial charge on any atom is -0.401 e. The second-order valence-electron chi connectivity index (χ2n) is 5.50. The molecule has 24 heavy (non-hydrogen) atoms. The van der Waals surface area contributed by atoms with E-state index >= 15 is 0 Å². The Hall–Kier alpha value is -2.93. The number of rotatable bonds is 7. The van der Waals surface area contributed by atoms with Crippen LogP contribution in [0.1, 0.15) is 17.4 Å². The summed E-state index contributed by atoms with van der Waals surface area (Å²) >= 11 is 0. The second-order valence-corrected chi connectivity index (χ2v) is 5.50. The van der Waals surface area contributed by atoms with Crippen molar-refractivity contribution in [3.05, 3.63) is 70.0 Å². The van der Waals surface area contributed by atoms with E-state index in [9.17, 15) is 14.9 Å². The highest BCUT2D eigenvalue weighted by atomic mass is 16.6. The van der Waals surface area contributed by atoms with Crippen LogP contribution in [-0.2, 0) is 4.79 Å². The molecule has 0 fully saturated rings. The summed E-state index contributed by atoms with van der Waals surface area (Å²) in [5.74, 6) is -0.407. The third kappa shape index (κ3) is 5.06. The van der Waals surface area contributed by atoms with Crippen LogP contribution in [0.25, 0.3) is 6.08 Å². The van der Waals surface area contributed by atoms with Crippen molar-refractivity contribution in [1.29, 1.82) is 0 Å². The highest BCUT2D eigenvalue weighted by molar-refractivity contribution is 5.91. The van der Waals surface area contributed by atoms with Crippen LogP contribution in [-0.4, -0.2) is 36.4 Å². The SMILES string of the molecule is CN(C)C[C@H](NC(=O)/C=C/c1ccc([N+](=O)[O-])o1)c1ccccc1. The van der Waals surface area contributed by atoms with E-state index in [1.54, 1.807) is 0 Å². The molecule has 0 saturated carbocycles. The standard InChI is InChI=1S/C17H19N3O4/c1-19(2)12-15(13-6-4-3-5-7-13)18-16(21)10-8-14-9-11-17(24-14)20(22)23/h3-11,15H,12H2,1-2H3,(H,18,21)/b10-8+/t15-/m0/s1. The van der Waals surface area contributed by atoms with Gasteiger partial charge in [-0.1, -0.05) is 30.3 Å². The molecule has 0 spiro atoms. The quantitative estimate of drug-likeness (QED) is 0.479. The van der Waals surface area contributed by atoms with Gasteiger partial charge in [-0.2, -0.15) is 0 Å². The summed E-state index contributed by atoms with van der Waals surface area (Å²) in [4.78, 5) is 24.1. The van der Waals surface area contributed by atoms with Crippen LogP contribution in [0, 0.1) is 10.1 Å². The molecular formula is C17H19N3O4. The third-order valence-electron chi connectivity index (χ3n) is 3.26. The number of likely N-dealkylation sites (N-methyl/N-ethyl adjacent to an activating group) is 1. The number of amides is 1. The van der Waals surface area contributed by atoms with Gasteiger partial charge in [0.2, 0.25) is 5.91 Å². The van der Waals surface area contributed by atoms with Crippen molar-refractivity contribution in [2.24, 2.45) is 0 Å². The summed E-state index contributed by atoms with van der Waals surface area (Å²) in [7, 11) is 3.86. The lowest BCUT2D eigenvalue weighted by molar-refractivity contribution is -0.402. The van der Waals surface area contributed by atoms with Crippen molar-refractivity contribution in [3.8, 4) is 0 Å². The van der Waals surface area contributed by atoms with Crippen molar-refractivity contribution in [2.75, 3.05) is 20.6 Å². The number of nitrogens with zero attached hydrogens (tertiary/aromatic N) is 2. The van der Waals surface area contributed by atoms with Crippen molar-refractivity contribution >= 4 is 17.9 Å². The van der Waals surface area contributed by atoms with E-state index in [1.807, 2.05) is 49.3 Å². The van der Waals surface area contributed by atoms with Crippen LogP contribution >= 0.6 is 0 Å². The summed E-state index contributed by atoms with van der Waals surface area (Å²) in [5.41, 5.74) is 1.00. The van der Waals surface area contributed by atoms with Gasteiger partial charge in [-0.15, -0.1) is 0 Å². The van der Waals surface area contributed by atoms with E-state index < -0.39 is 4.92 Å². The van der Waals surface area contributed by atoms with E-state index in [-0.39, 0.29) is 23.6 Å². The molecule has 7 heteroatoms. The Bertz CT molecular complexity index is 722. The average Bonchev–Trinajstić information content (AvgIpc) is 3.02. The van der Waals surface area contributed by atoms with E-state index in [1.165, 1.54) is 24.3 Å². The number of nitro groups is 1. The number of carbonyl (C=O) groups is 1. The maximum absolute atomic E-state index is 12.1. The molecule has 1 heterocycles. The molecule has 0 saturated heterocycles. The lowest BCUT2D eigenvalue weighted by atomic mass is 10.1. The minimum absolute atomic E-state index is 0.163. The van der Waals surface area contributed by atoms with Crippen molar-refractivity contribution < 1.29 is 14.1 Å². The zero-order valence-electron chi connectivity index (χ0n) is 13.5. The van der Waals surface area contributed by atoms with E-state index in [2.05, 4.69) is 5.32 Å². The molecule has 2 rings (SSSR count). The van der Waals surface area contributed by atoms with Gasteiger partial charge in [-0.25, -0.2) is 0 Å². The van der Waals surface area contributed by atoms with Crippen molar-refractivity contribution in [2.45, 2.75) is 6.04 Å². The maximum atomic E-state index is 12.1. The first-order chi connectivity index (χ1) is 11.5. The average molecular weight is 329 g/mol. The topological polar surface area (TPSA) is 88.6 Å². The van der Waals surface area contributed by atoms with Gasteiger partial charge in [-0.05, 0) is 31.8 Å². The summed E-state index contributed by atoms with van der Waals surface area (Å²) in [6.45, 7) is 0.649. The summed E-state index contributed by atoms with van der Waals surface area (Å²) in [6.07, 6.45) is 2.70. The van der Waals surface area contributed by atoms with Crippen LogP contribution in [0.4, 0.5) is 5.88 Å². The van der Waals surface area contributed by atoms with Gasteiger partial charge in [0.15, 0.2) is 0 Å². The lowest BCUT2D eigenvalue weighted by Crippen LogP contribution is -2.34. The molecule has 0 radical (unpaired) electrons. The first kappa shape index (κ1) is 17.4. The molecule has 1 aromatic carbocycles. The summed E-state index contributed by atoms with van der Waals surface area (Å²) in [5, 5.41) is 13.5. The first-order valence-electron chi connectivity index (χ1n) is 7.38. The van der Waals surface area contributed by atoms with Gasteiger partial charge in [0.1, 0.15) is 10.7 Å². The molecule has 0 bridgehead atoms. The predicted octanol–water partition coefficient (Wildman–Crippen LogP) is 2.62. The minimum atomic E-state index is -0.625. The van der Waals surface area contributed by atoms with Crippen LogP contribution < -0.4 is 5.32 Å². The van der Waals surface area contributed by atoms with Crippen LogP contribution in [0.15, 0.2) is 53.0 Å². The number of furan rings is 1. The Kier molecular flexibility index (Phi) is 5.86. The number of carbonyl (C=O) groups excluding carboxylic acids is 1. The fourth-order valence-electron chi connectivity index (χ4n) is 2.19. The first-order valence-corrected chi connectivity index (χ1v) is 7.38. The van der Waals surface area contributed by atoms with Gasteiger partial charge in [0, 0.05) is 12.6 Å². The predicted molar refractivity (Wildman–Crippen MR) is 90.3 cm³/mol. The smallest absolute Gasteiger partial charge is 0.401 e. The zero-order chi connectivity index (χ0) is 17.5. The van der Waals surface area contributed by atoms with Gasteiger partial charge < -0.3 is 14.6 Å². The Morgan fingerprint density at radius 3 is 2.58 bits per heavy atom. The Balaban J connectivity index is 2.04. The fourth-order valence-corrected chi connectivity index (χ4v) is 2.19. The van der Waals surface area contributed by atoms with E-state index in [0.29, 0.717) is 6.54 Å². The van der Waals surface area contributed by atoms with E-state index in [0.717, 1.165) is 5.56 Å². The highest BCUT2D eigenvalue weighted by Gasteiger charge is 2.14. The Labute approximate surface area is 139 Å². The molecule has 0 aliphatic carbocycles. The summed E-state index contributed by atoms with van der Waals surface area (Å²) < 4.78 is 4.98. The molecule has 0 aliphatic heterocycles. The number of benzene rings is 1. The molecule has 1 N–H and O–H groups in total. The van der Waals surface area contributed by atoms with Gasteiger partial charge in [-0.3, -0.25) is 14.9 Å². The molecule has 0 aliphatic rings. The second kappa shape index (κ2) is 8.07. The fraction of sp³-hybridized carbons (Fsp3) is 0.235.